The summed E-state index contributed by atoms with van der Waals surface area (Å²) in [5.74, 6) is 0.710. The summed E-state index contributed by atoms with van der Waals surface area (Å²) < 4.78 is 5.20. The second kappa shape index (κ2) is 5.03. The maximum atomic E-state index is 11.6. The average molecular weight is 264 g/mol. The van der Waals surface area contributed by atoms with Gasteiger partial charge in [-0.25, -0.2) is 14.8 Å². The molecule has 0 bridgehead atoms. The van der Waals surface area contributed by atoms with Crippen molar-refractivity contribution >= 4 is 12.0 Å². The monoisotopic (exact) mass is 264 g/mol. The van der Waals surface area contributed by atoms with Crippen molar-refractivity contribution in [3.8, 4) is 0 Å². The van der Waals surface area contributed by atoms with Gasteiger partial charge in [0, 0.05) is 25.0 Å². The first-order valence-electron chi connectivity index (χ1n) is 6.37. The van der Waals surface area contributed by atoms with Crippen LogP contribution in [0.4, 0.5) is 10.7 Å². The van der Waals surface area contributed by atoms with Crippen molar-refractivity contribution in [2.75, 3.05) is 18.0 Å². The predicted molar refractivity (Wildman–Crippen MR) is 72.1 cm³/mol. The quantitative estimate of drug-likeness (QED) is 0.876. The van der Waals surface area contributed by atoms with Crippen LogP contribution in [0.1, 0.15) is 26.5 Å². The molecule has 104 valence electrons. The van der Waals surface area contributed by atoms with Crippen LogP contribution in [-0.2, 0) is 4.74 Å². The van der Waals surface area contributed by atoms with Gasteiger partial charge in [0.25, 0.3) is 0 Å². The lowest BCUT2D eigenvalue weighted by molar-refractivity contribution is 0.0495. The van der Waals surface area contributed by atoms with Crippen LogP contribution in [0.3, 0.4) is 0 Å². The summed E-state index contributed by atoms with van der Waals surface area (Å²) in [6.45, 7) is 8.90. The van der Waals surface area contributed by atoms with Gasteiger partial charge in [0.1, 0.15) is 5.60 Å². The molecular weight excluding hydrogens is 244 g/mol. The van der Waals surface area contributed by atoms with E-state index in [-0.39, 0.29) is 12.1 Å². The molecule has 0 saturated carbocycles. The van der Waals surface area contributed by atoms with E-state index in [0.717, 1.165) is 5.69 Å². The van der Waals surface area contributed by atoms with Crippen molar-refractivity contribution in [2.24, 2.45) is 0 Å². The minimum atomic E-state index is -0.465. The van der Waals surface area contributed by atoms with E-state index in [0.29, 0.717) is 19.0 Å². The maximum absolute atomic E-state index is 11.6. The topological polar surface area (TPSA) is 67.4 Å². The van der Waals surface area contributed by atoms with E-state index in [1.807, 2.05) is 38.7 Å². The third kappa shape index (κ3) is 3.81. The second-order valence-electron chi connectivity index (χ2n) is 5.75. The summed E-state index contributed by atoms with van der Waals surface area (Å²) in [5, 5.41) is 2.83. The Hall–Kier alpha value is -1.85. The lowest BCUT2D eigenvalue weighted by Crippen LogP contribution is -2.60. The van der Waals surface area contributed by atoms with Crippen molar-refractivity contribution < 1.29 is 9.53 Å². The number of aromatic nitrogens is 2. The van der Waals surface area contributed by atoms with Crippen LogP contribution in [0.5, 0.6) is 0 Å². The molecule has 2 rings (SSSR count). The van der Waals surface area contributed by atoms with Gasteiger partial charge in [0.15, 0.2) is 0 Å². The maximum Gasteiger partial charge on any atom is 0.407 e. The Morgan fingerprint density at radius 2 is 2.16 bits per heavy atom. The number of aryl methyl sites for hydroxylation is 1. The zero-order chi connectivity index (χ0) is 14.0. The first kappa shape index (κ1) is 13.6. The molecule has 6 nitrogen and oxygen atoms in total. The summed E-state index contributed by atoms with van der Waals surface area (Å²) in [7, 11) is 0. The van der Waals surface area contributed by atoms with E-state index in [4.69, 9.17) is 4.74 Å². The number of nitrogens with zero attached hydrogens (tertiary/aromatic N) is 3. The van der Waals surface area contributed by atoms with E-state index in [1.54, 1.807) is 6.20 Å². The molecule has 1 N–H and O–H groups in total. The molecule has 0 atom stereocenters. The smallest absolute Gasteiger partial charge is 0.407 e. The molecule has 19 heavy (non-hydrogen) atoms. The minimum Gasteiger partial charge on any atom is -0.444 e. The number of nitrogens with one attached hydrogen (secondary N) is 1. The number of amides is 1. The lowest BCUT2D eigenvalue weighted by Gasteiger charge is -2.39. The zero-order valence-corrected chi connectivity index (χ0v) is 11.8. The molecule has 0 unspecified atom stereocenters. The van der Waals surface area contributed by atoms with E-state index < -0.39 is 5.60 Å². The van der Waals surface area contributed by atoms with Crippen LogP contribution >= 0.6 is 0 Å². The summed E-state index contributed by atoms with van der Waals surface area (Å²) in [6, 6.07) is 1.96. The fourth-order valence-corrected chi connectivity index (χ4v) is 1.80. The SMILES string of the molecule is Cc1ccnc(N2CC(NC(=O)OC(C)(C)C)C2)n1. The molecule has 1 aromatic rings. The highest BCUT2D eigenvalue weighted by molar-refractivity contribution is 5.68. The van der Waals surface area contributed by atoms with Gasteiger partial charge in [-0.15, -0.1) is 0 Å². The number of carbonyl (C=O) groups excluding carboxylic acids is 1. The van der Waals surface area contributed by atoms with Gasteiger partial charge in [-0.1, -0.05) is 0 Å². The molecular formula is C13H20N4O2. The molecule has 1 aromatic heterocycles. The van der Waals surface area contributed by atoms with Gasteiger partial charge in [-0.3, -0.25) is 0 Å². The van der Waals surface area contributed by atoms with E-state index in [1.165, 1.54) is 0 Å². The normalized spacial score (nSPS) is 15.9. The Morgan fingerprint density at radius 1 is 1.47 bits per heavy atom. The van der Waals surface area contributed by atoms with E-state index in [9.17, 15) is 4.79 Å². The molecule has 0 aliphatic carbocycles. The Morgan fingerprint density at radius 3 is 2.74 bits per heavy atom. The summed E-state index contributed by atoms with van der Waals surface area (Å²) in [6.07, 6.45) is 1.37. The highest BCUT2D eigenvalue weighted by Gasteiger charge is 2.31. The first-order chi connectivity index (χ1) is 8.83. The van der Waals surface area contributed by atoms with Crippen LogP contribution in [0.15, 0.2) is 12.3 Å². The fourth-order valence-electron chi connectivity index (χ4n) is 1.80. The Labute approximate surface area is 113 Å². The summed E-state index contributed by atoms with van der Waals surface area (Å²) in [5.41, 5.74) is 0.473. The lowest BCUT2D eigenvalue weighted by atomic mass is 10.1. The summed E-state index contributed by atoms with van der Waals surface area (Å²) >= 11 is 0. The Kier molecular flexibility index (Phi) is 3.59. The molecule has 1 aliphatic rings. The van der Waals surface area contributed by atoms with Gasteiger partial charge in [0.05, 0.1) is 6.04 Å². The molecule has 0 aromatic carbocycles. The van der Waals surface area contributed by atoms with Crippen LogP contribution in [0.2, 0.25) is 0 Å². The summed E-state index contributed by atoms with van der Waals surface area (Å²) in [4.78, 5) is 22.1. The Bertz CT molecular complexity index is 464. The molecule has 1 fully saturated rings. The molecule has 2 heterocycles. The molecule has 1 amide bonds. The highest BCUT2D eigenvalue weighted by Crippen LogP contribution is 2.16. The fraction of sp³-hybridized carbons (Fsp3) is 0.615. The van der Waals surface area contributed by atoms with Gasteiger partial charge < -0.3 is 15.0 Å². The third-order valence-corrected chi connectivity index (χ3v) is 2.67. The molecule has 1 saturated heterocycles. The molecule has 0 spiro atoms. The van der Waals surface area contributed by atoms with Gasteiger partial charge >= 0.3 is 6.09 Å². The number of hydrogen-bond acceptors (Lipinski definition) is 5. The number of rotatable bonds is 2. The van der Waals surface area contributed by atoms with Crippen molar-refractivity contribution in [3.63, 3.8) is 0 Å². The zero-order valence-electron chi connectivity index (χ0n) is 11.8. The van der Waals surface area contributed by atoms with E-state index >= 15 is 0 Å². The van der Waals surface area contributed by atoms with Crippen molar-refractivity contribution in [1.82, 2.24) is 15.3 Å². The van der Waals surface area contributed by atoms with Crippen LogP contribution in [0, 0.1) is 6.92 Å². The number of anilines is 1. The molecule has 1 aliphatic heterocycles. The van der Waals surface area contributed by atoms with Gasteiger partial charge in [-0.2, -0.15) is 0 Å². The second-order valence-corrected chi connectivity index (χ2v) is 5.75. The molecule has 0 radical (unpaired) electrons. The standard InChI is InChI=1S/C13H20N4O2/c1-9-5-6-14-11(15-9)17-7-10(8-17)16-12(18)19-13(2,3)4/h5-6,10H,7-8H2,1-4H3,(H,16,18). The number of carbonyl (C=O) groups is 1. The van der Waals surface area contributed by atoms with E-state index in [2.05, 4.69) is 15.3 Å². The van der Waals surface area contributed by atoms with Gasteiger partial charge in [0.2, 0.25) is 5.95 Å². The molecule has 6 heteroatoms. The van der Waals surface area contributed by atoms with Crippen LogP contribution < -0.4 is 10.2 Å². The average Bonchev–Trinajstić information content (AvgIpc) is 2.20. The predicted octanol–water partition coefficient (Wildman–Crippen LogP) is 1.50. The first-order valence-corrected chi connectivity index (χ1v) is 6.37. The Balaban J connectivity index is 1.79. The van der Waals surface area contributed by atoms with Crippen molar-refractivity contribution in [3.05, 3.63) is 18.0 Å². The number of alkyl carbamates (subject to hydrolysis) is 1. The number of hydrogen-bond donors (Lipinski definition) is 1. The minimum absolute atomic E-state index is 0.0963. The number of ether oxygens (including phenoxy) is 1. The van der Waals surface area contributed by atoms with Crippen molar-refractivity contribution in [2.45, 2.75) is 39.3 Å². The van der Waals surface area contributed by atoms with Crippen LogP contribution in [0.25, 0.3) is 0 Å². The van der Waals surface area contributed by atoms with Crippen molar-refractivity contribution in [1.29, 1.82) is 0 Å². The van der Waals surface area contributed by atoms with Gasteiger partial charge in [-0.05, 0) is 33.8 Å². The third-order valence-electron chi connectivity index (χ3n) is 2.67. The highest BCUT2D eigenvalue weighted by atomic mass is 16.6. The largest absolute Gasteiger partial charge is 0.444 e. The van der Waals surface area contributed by atoms with Crippen LogP contribution in [-0.4, -0.2) is 40.8 Å².